The van der Waals surface area contributed by atoms with Crippen LogP contribution in [0.3, 0.4) is 0 Å². The Labute approximate surface area is 145 Å². The predicted octanol–water partition coefficient (Wildman–Crippen LogP) is 3.11. The van der Waals surface area contributed by atoms with E-state index in [-0.39, 0.29) is 46.9 Å². The molecule has 0 saturated carbocycles. The van der Waals surface area contributed by atoms with Gasteiger partial charge in [0.2, 0.25) is 0 Å². The second kappa shape index (κ2) is 4.75. The standard InChI is InChI=1S/C20H20O5/c1-8-5-11-17(23)15-13(21)6-12-9(2)10(3)14(22)7-20(12,4)16(15)18(24)19(11)25-8/h6,8,23-24H,5,7H2,1-4H3/t8-,20-/m0/s1. The van der Waals surface area contributed by atoms with Crippen molar-refractivity contribution in [2.45, 2.75) is 52.1 Å². The van der Waals surface area contributed by atoms with Gasteiger partial charge in [0.1, 0.15) is 11.9 Å². The van der Waals surface area contributed by atoms with E-state index in [4.69, 9.17) is 4.74 Å². The molecule has 1 aromatic carbocycles. The number of phenols is 2. The number of phenolic OH excluding ortho intramolecular Hbond substituents is 2. The number of allylic oxidation sites excluding steroid dienone is 4. The number of benzene rings is 1. The molecule has 4 rings (SSSR count). The van der Waals surface area contributed by atoms with Crippen molar-refractivity contribution >= 4 is 11.6 Å². The summed E-state index contributed by atoms with van der Waals surface area (Å²) in [5.41, 5.74) is 2.11. The summed E-state index contributed by atoms with van der Waals surface area (Å²) in [6.45, 7) is 7.24. The Balaban J connectivity index is 2.09. The molecule has 0 radical (unpaired) electrons. The zero-order valence-corrected chi connectivity index (χ0v) is 14.7. The predicted molar refractivity (Wildman–Crippen MR) is 91.3 cm³/mol. The van der Waals surface area contributed by atoms with Crippen molar-refractivity contribution in [1.29, 1.82) is 0 Å². The number of aromatic hydroxyl groups is 2. The van der Waals surface area contributed by atoms with E-state index in [1.54, 1.807) is 6.92 Å². The minimum absolute atomic E-state index is 0.0221. The van der Waals surface area contributed by atoms with Gasteiger partial charge in [-0.1, -0.05) is 6.92 Å². The lowest BCUT2D eigenvalue weighted by molar-refractivity contribution is -0.116. The van der Waals surface area contributed by atoms with Gasteiger partial charge in [-0.25, -0.2) is 0 Å². The van der Waals surface area contributed by atoms with Crippen molar-refractivity contribution in [2.24, 2.45) is 0 Å². The molecule has 25 heavy (non-hydrogen) atoms. The fourth-order valence-corrected chi connectivity index (χ4v) is 4.44. The molecule has 0 amide bonds. The first kappa shape index (κ1) is 15.9. The molecule has 5 heteroatoms. The second-order valence-corrected chi connectivity index (χ2v) is 7.49. The highest BCUT2D eigenvalue weighted by molar-refractivity contribution is 6.13. The third-order valence-electron chi connectivity index (χ3n) is 5.88. The summed E-state index contributed by atoms with van der Waals surface area (Å²) in [5.74, 6) is -0.403. The van der Waals surface area contributed by atoms with Gasteiger partial charge in [-0.05, 0) is 43.6 Å². The van der Waals surface area contributed by atoms with Gasteiger partial charge in [0.05, 0.1) is 5.56 Å². The molecular weight excluding hydrogens is 320 g/mol. The fourth-order valence-electron chi connectivity index (χ4n) is 4.44. The van der Waals surface area contributed by atoms with Gasteiger partial charge in [-0.15, -0.1) is 0 Å². The monoisotopic (exact) mass is 340 g/mol. The number of hydrogen-bond donors (Lipinski definition) is 2. The first-order valence-electron chi connectivity index (χ1n) is 8.42. The number of fused-ring (bicyclic) bond motifs is 4. The summed E-state index contributed by atoms with van der Waals surface area (Å²) < 4.78 is 5.68. The largest absolute Gasteiger partial charge is 0.507 e. The zero-order valence-electron chi connectivity index (χ0n) is 14.7. The molecule has 2 atom stereocenters. The SMILES string of the molecule is CC1=C(C)C2=CC(=O)c3c(O)c4c(c(O)c3[C@@]2(C)CC1=O)O[C@@H](C)C4. The summed E-state index contributed by atoms with van der Waals surface area (Å²) in [5, 5.41) is 21.6. The van der Waals surface area contributed by atoms with Gasteiger partial charge in [0, 0.05) is 29.4 Å². The molecule has 0 unspecified atom stereocenters. The molecule has 0 fully saturated rings. The lowest BCUT2D eigenvalue weighted by Gasteiger charge is -2.41. The van der Waals surface area contributed by atoms with E-state index in [0.29, 0.717) is 23.1 Å². The number of Topliss-reactive ketones (excluding diaryl/α,β-unsaturated/α-hetero) is 1. The molecule has 0 aromatic heterocycles. The normalized spacial score (nSPS) is 27.5. The molecular formula is C20H20O5. The van der Waals surface area contributed by atoms with Crippen LogP contribution in [-0.2, 0) is 16.6 Å². The molecule has 0 spiro atoms. The van der Waals surface area contributed by atoms with E-state index in [0.717, 1.165) is 11.1 Å². The maximum Gasteiger partial charge on any atom is 0.190 e. The Morgan fingerprint density at radius 2 is 1.84 bits per heavy atom. The highest BCUT2D eigenvalue weighted by atomic mass is 16.5. The van der Waals surface area contributed by atoms with Crippen LogP contribution in [0.2, 0.25) is 0 Å². The Morgan fingerprint density at radius 3 is 2.52 bits per heavy atom. The van der Waals surface area contributed by atoms with Gasteiger partial charge in [-0.2, -0.15) is 0 Å². The van der Waals surface area contributed by atoms with E-state index in [2.05, 4.69) is 0 Å². The number of carbonyl (C=O) groups excluding carboxylic acids is 2. The minimum atomic E-state index is -0.865. The van der Waals surface area contributed by atoms with Crippen LogP contribution >= 0.6 is 0 Å². The summed E-state index contributed by atoms with van der Waals surface area (Å²) in [4.78, 5) is 25.3. The Hall–Kier alpha value is -2.56. The average molecular weight is 340 g/mol. The fraction of sp³-hybridized carbons (Fsp3) is 0.400. The summed E-state index contributed by atoms with van der Waals surface area (Å²) in [7, 11) is 0. The van der Waals surface area contributed by atoms with Crippen LogP contribution in [0.1, 0.15) is 55.6 Å². The maximum absolute atomic E-state index is 12.8. The van der Waals surface area contributed by atoms with Crippen molar-refractivity contribution in [2.75, 3.05) is 0 Å². The molecule has 1 aromatic rings. The van der Waals surface area contributed by atoms with E-state index < -0.39 is 5.41 Å². The van der Waals surface area contributed by atoms with Crippen molar-refractivity contribution in [3.63, 3.8) is 0 Å². The van der Waals surface area contributed by atoms with Crippen LogP contribution in [0.5, 0.6) is 17.2 Å². The van der Waals surface area contributed by atoms with Crippen molar-refractivity contribution in [1.82, 2.24) is 0 Å². The number of hydrogen-bond acceptors (Lipinski definition) is 5. The number of ketones is 2. The first-order valence-corrected chi connectivity index (χ1v) is 8.42. The van der Waals surface area contributed by atoms with E-state index in [9.17, 15) is 19.8 Å². The number of ether oxygens (including phenoxy) is 1. The zero-order chi connectivity index (χ0) is 18.3. The van der Waals surface area contributed by atoms with E-state index >= 15 is 0 Å². The average Bonchev–Trinajstić information content (AvgIpc) is 2.94. The Bertz CT molecular complexity index is 934. The van der Waals surface area contributed by atoms with Gasteiger partial charge < -0.3 is 14.9 Å². The summed E-state index contributed by atoms with van der Waals surface area (Å²) in [6.07, 6.45) is 1.88. The Morgan fingerprint density at radius 1 is 1.16 bits per heavy atom. The van der Waals surface area contributed by atoms with Gasteiger partial charge in [0.15, 0.2) is 23.1 Å². The van der Waals surface area contributed by atoms with Crippen molar-refractivity contribution in [3.05, 3.63) is 39.5 Å². The quantitative estimate of drug-likeness (QED) is 0.709. The topological polar surface area (TPSA) is 83.8 Å². The van der Waals surface area contributed by atoms with Crippen LogP contribution in [0, 0.1) is 0 Å². The van der Waals surface area contributed by atoms with Crippen LogP contribution in [0.4, 0.5) is 0 Å². The molecule has 5 nitrogen and oxygen atoms in total. The first-order chi connectivity index (χ1) is 11.7. The van der Waals surface area contributed by atoms with E-state index in [1.807, 2.05) is 20.8 Å². The molecule has 0 saturated heterocycles. The number of carbonyl (C=O) groups is 2. The summed E-state index contributed by atoms with van der Waals surface area (Å²) >= 11 is 0. The van der Waals surface area contributed by atoms with Gasteiger partial charge in [-0.3, -0.25) is 9.59 Å². The highest BCUT2D eigenvalue weighted by Gasteiger charge is 2.48. The molecule has 1 aliphatic heterocycles. The molecule has 1 heterocycles. The van der Waals surface area contributed by atoms with Crippen LogP contribution < -0.4 is 4.74 Å². The molecule has 0 bridgehead atoms. The van der Waals surface area contributed by atoms with E-state index in [1.165, 1.54) is 6.08 Å². The minimum Gasteiger partial charge on any atom is -0.507 e. The molecule has 2 N–H and O–H groups in total. The molecule has 3 aliphatic rings. The molecule has 130 valence electrons. The number of rotatable bonds is 0. The van der Waals surface area contributed by atoms with Gasteiger partial charge >= 0.3 is 0 Å². The third-order valence-corrected chi connectivity index (χ3v) is 5.88. The van der Waals surface area contributed by atoms with Gasteiger partial charge in [0.25, 0.3) is 0 Å². The van der Waals surface area contributed by atoms with Crippen molar-refractivity contribution in [3.8, 4) is 17.2 Å². The van der Waals surface area contributed by atoms with Crippen molar-refractivity contribution < 1.29 is 24.5 Å². The van der Waals surface area contributed by atoms with Crippen LogP contribution in [-0.4, -0.2) is 27.9 Å². The highest BCUT2D eigenvalue weighted by Crippen LogP contribution is 2.57. The van der Waals surface area contributed by atoms with Crippen LogP contribution in [0.15, 0.2) is 22.8 Å². The summed E-state index contributed by atoms with van der Waals surface area (Å²) in [6, 6.07) is 0. The lowest BCUT2D eigenvalue weighted by Crippen LogP contribution is -2.38. The smallest absolute Gasteiger partial charge is 0.190 e. The Kier molecular flexibility index (Phi) is 3.03. The molecule has 2 aliphatic carbocycles. The maximum atomic E-state index is 12.8. The second-order valence-electron chi connectivity index (χ2n) is 7.49. The third kappa shape index (κ3) is 1.84. The lowest BCUT2D eigenvalue weighted by atomic mass is 9.61. The van der Waals surface area contributed by atoms with Crippen LogP contribution in [0.25, 0.3) is 0 Å².